The molecule has 3 aromatic rings. The zero-order valence-corrected chi connectivity index (χ0v) is 11.9. The van der Waals surface area contributed by atoms with Gasteiger partial charge in [-0.1, -0.05) is 18.2 Å². The van der Waals surface area contributed by atoms with E-state index in [1.807, 2.05) is 6.07 Å². The zero-order chi connectivity index (χ0) is 15.7. The molecule has 0 saturated heterocycles. The smallest absolute Gasteiger partial charge is 0.420 e. The second-order valence-corrected chi connectivity index (χ2v) is 4.84. The number of benzene rings is 2. The molecular formula is C16H14N2O4. The third kappa shape index (κ3) is 2.35. The molecule has 0 amide bonds. The number of nitrogen functional groups attached to an aromatic ring is 1. The molecule has 1 aromatic heterocycles. The van der Waals surface area contributed by atoms with Crippen molar-refractivity contribution < 1.29 is 13.9 Å². The van der Waals surface area contributed by atoms with Crippen LogP contribution in [0.15, 0.2) is 51.7 Å². The summed E-state index contributed by atoms with van der Waals surface area (Å²) in [4.78, 5) is 23.6. The molecule has 112 valence electrons. The van der Waals surface area contributed by atoms with Crippen LogP contribution in [0.2, 0.25) is 0 Å². The molecule has 3 rings (SSSR count). The van der Waals surface area contributed by atoms with E-state index in [1.165, 1.54) is 11.7 Å². The third-order valence-electron chi connectivity index (χ3n) is 3.41. The Kier molecular flexibility index (Phi) is 3.42. The number of fused-ring (bicyclic) bond motifs is 1. The molecule has 0 saturated carbocycles. The second kappa shape index (κ2) is 5.40. The minimum absolute atomic E-state index is 0.255. The van der Waals surface area contributed by atoms with Crippen molar-refractivity contribution in [1.29, 1.82) is 0 Å². The minimum Gasteiger partial charge on any atom is -0.465 e. The van der Waals surface area contributed by atoms with E-state index in [4.69, 9.17) is 14.9 Å². The topological polar surface area (TPSA) is 87.5 Å². The number of aromatic nitrogens is 1. The highest BCUT2D eigenvalue weighted by Gasteiger charge is 2.13. The molecule has 0 aliphatic rings. The molecule has 2 N–H and O–H groups in total. The Hall–Kier alpha value is -3.02. The number of carbonyl (C=O) groups is 1. The van der Waals surface area contributed by atoms with Crippen molar-refractivity contribution >= 4 is 22.8 Å². The fourth-order valence-corrected chi connectivity index (χ4v) is 2.39. The lowest BCUT2D eigenvalue weighted by molar-refractivity contribution is 0.0600. The van der Waals surface area contributed by atoms with E-state index in [9.17, 15) is 9.59 Å². The summed E-state index contributed by atoms with van der Waals surface area (Å²) < 4.78 is 11.3. The van der Waals surface area contributed by atoms with Gasteiger partial charge in [0.2, 0.25) is 0 Å². The standard InChI is InChI=1S/C16H14N2O4/c1-21-15(19)11-5-2-4-10(8-11)9-18-14-12(17)6-3-7-13(14)22-16(18)20/h2-8H,9,17H2,1H3. The van der Waals surface area contributed by atoms with Crippen molar-refractivity contribution in [2.24, 2.45) is 0 Å². The molecule has 0 fully saturated rings. The molecule has 1 heterocycles. The number of methoxy groups -OCH3 is 1. The van der Waals surface area contributed by atoms with E-state index < -0.39 is 11.7 Å². The van der Waals surface area contributed by atoms with Crippen LogP contribution in [-0.4, -0.2) is 17.6 Å². The first kappa shape index (κ1) is 13.9. The Labute approximate surface area is 125 Å². The number of hydrogen-bond donors (Lipinski definition) is 1. The Bertz CT molecular complexity index is 908. The van der Waals surface area contributed by atoms with Crippen molar-refractivity contribution in [3.05, 3.63) is 64.1 Å². The fraction of sp³-hybridized carbons (Fsp3) is 0.125. The van der Waals surface area contributed by atoms with Crippen molar-refractivity contribution in [2.45, 2.75) is 6.54 Å². The summed E-state index contributed by atoms with van der Waals surface area (Å²) in [7, 11) is 1.32. The Morgan fingerprint density at radius 1 is 1.27 bits per heavy atom. The van der Waals surface area contributed by atoms with Crippen LogP contribution in [-0.2, 0) is 11.3 Å². The summed E-state index contributed by atoms with van der Waals surface area (Å²) in [6.07, 6.45) is 0. The minimum atomic E-state index is -0.489. The first-order valence-corrected chi connectivity index (χ1v) is 6.65. The summed E-state index contributed by atoms with van der Waals surface area (Å²) in [6.45, 7) is 0.255. The number of rotatable bonds is 3. The van der Waals surface area contributed by atoms with E-state index in [2.05, 4.69) is 0 Å². The molecule has 6 nitrogen and oxygen atoms in total. The third-order valence-corrected chi connectivity index (χ3v) is 3.41. The molecular weight excluding hydrogens is 284 g/mol. The molecule has 0 aliphatic carbocycles. The average molecular weight is 298 g/mol. The number of nitrogens with two attached hydrogens (primary N) is 1. The maximum atomic E-state index is 12.0. The summed E-state index contributed by atoms with van der Waals surface area (Å²) in [5, 5.41) is 0. The highest BCUT2D eigenvalue weighted by atomic mass is 16.5. The van der Waals surface area contributed by atoms with Crippen LogP contribution in [0.4, 0.5) is 5.69 Å². The normalized spacial score (nSPS) is 10.8. The van der Waals surface area contributed by atoms with Gasteiger partial charge in [0.05, 0.1) is 24.9 Å². The number of hydrogen-bond acceptors (Lipinski definition) is 5. The monoisotopic (exact) mass is 298 g/mol. The van der Waals surface area contributed by atoms with Gasteiger partial charge in [-0.05, 0) is 29.8 Å². The van der Waals surface area contributed by atoms with E-state index >= 15 is 0 Å². The Morgan fingerprint density at radius 3 is 2.82 bits per heavy atom. The predicted molar refractivity (Wildman–Crippen MR) is 81.8 cm³/mol. The number of carbonyl (C=O) groups excluding carboxylic acids is 1. The lowest BCUT2D eigenvalue weighted by atomic mass is 10.1. The van der Waals surface area contributed by atoms with E-state index in [0.717, 1.165) is 5.56 Å². The molecule has 0 spiro atoms. The van der Waals surface area contributed by atoms with Gasteiger partial charge in [-0.3, -0.25) is 4.57 Å². The van der Waals surface area contributed by atoms with Crippen LogP contribution >= 0.6 is 0 Å². The van der Waals surface area contributed by atoms with Crippen LogP contribution in [0.3, 0.4) is 0 Å². The van der Waals surface area contributed by atoms with Crippen LogP contribution in [0, 0.1) is 0 Å². The largest absolute Gasteiger partial charge is 0.465 e. The summed E-state index contributed by atoms with van der Waals surface area (Å²) >= 11 is 0. The second-order valence-electron chi connectivity index (χ2n) is 4.84. The van der Waals surface area contributed by atoms with Gasteiger partial charge in [-0.25, -0.2) is 9.59 Å². The quantitative estimate of drug-likeness (QED) is 0.590. The number of anilines is 1. The number of para-hydroxylation sites is 1. The first-order valence-electron chi connectivity index (χ1n) is 6.65. The molecule has 0 aliphatic heterocycles. The van der Waals surface area contributed by atoms with Crippen LogP contribution in [0.1, 0.15) is 15.9 Å². The maximum Gasteiger partial charge on any atom is 0.420 e. The van der Waals surface area contributed by atoms with Crippen LogP contribution in [0.5, 0.6) is 0 Å². The molecule has 0 atom stereocenters. The first-order chi connectivity index (χ1) is 10.6. The van der Waals surface area contributed by atoms with Crippen molar-refractivity contribution in [3.63, 3.8) is 0 Å². The highest BCUT2D eigenvalue weighted by Crippen LogP contribution is 2.20. The molecule has 0 unspecified atom stereocenters. The molecule has 2 aromatic carbocycles. The van der Waals surface area contributed by atoms with Gasteiger partial charge in [0.1, 0.15) is 5.52 Å². The van der Waals surface area contributed by atoms with Gasteiger partial charge >= 0.3 is 11.7 Å². The lowest BCUT2D eigenvalue weighted by Gasteiger charge is -2.06. The highest BCUT2D eigenvalue weighted by molar-refractivity contribution is 5.89. The molecule has 22 heavy (non-hydrogen) atoms. The lowest BCUT2D eigenvalue weighted by Crippen LogP contribution is -2.16. The molecule has 0 bridgehead atoms. The van der Waals surface area contributed by atoms with Gasteiger partial charge < -0.3 is 14.9 Å². The number of ether oxygens (including phenoxy) is 1. The predicted octanol–water partition coefficient (Wildman–Crippen LogP) is 2.01. The van der Waals surface area contributed by atoms with Crippen LogP contribution < -0.4 is 11.5 Å². The number of nitrogens with zero attached hydrogens (tertiary/aromatic N) is 1. The summed E-state index contributed by atoms with van der Waals surface area (Å²) in [5.74, 6) is -0.915. The van der Waals surface area contributed by atoms with E-state index in [1.54, 1.807) is 36.4 Å². The van der Waals surface area contributed by atoms with E-state index in [0.29, 0.717) is 22.4 Å². The Morgan fingerprint density at radius 2 is 2.05 bits per heavy atom. The van der Waals surface area contributed by atoms with Gasteiger partial charge in [0, 0.05) is 0 Å². The summed E-state index contributed by atoms with van der Waals surface area (Å²) in [6, 6.07) is 12.0. The van der Waals surface area contributed by atoms with Gasteiger partial charge in [-0.15, -0.1) is 0 Å². The maximum absolute atomic E-state index is 12.0. The van der Waals surface area contributed by atoms with Gasteiger partial charge in [0.15, 0.2) is 5.58 Å². The average Bonchev–Trinajstić information content (AvgIpc) is 2.84. The number of esters is 1. The van der Waals surface area contributed by atoms with Crippen LogP contribution in [0.25, 0.3) is 11.1 Å². The summed E-state index contributed by atoms with van der Waals surface area (Å²) in [5.41, 5.74) is 8.58. The van der Waals surface area contributed by atoms with Crippen molar-refractivity contribution in [1.82, 2.24) is 4.57 Å². The zero-order valence-electron chi connectivity index (χ0n) is 11.9. The van der Waals surface area contributed by atoms with Gasteiger partial charge in [-0.2, -0.15) is 0 Å². The van der Waals surface area contributed by atoms with Crippen molar-refractivity contribution in [3.8, 4) is 0 Å². The van der Waals surface area contributed by atoms with Gasteiger partial charge in [0.25, 0.3) is 0 Å². The fourth-order valence-electron chi connectivity index (χ4n) is 2.39. The number of oxazole rings is 1. The van der Waals surface area contributed by atoms with Crippen molar-refractivity contribution in [2.75, 3.05) is 12.8 Å². The SMILES string of the molecule is COC(=O)c1cccc(Cn2c(=O)oc3cccc(N)c32)c1. The molecule has 0 radical (unpaired) electrons. The Balaban J connectivity index is 2.06. The molecule has 6 heteroatoms. The van der Waals surface area contributed by atoms with E-state index in [-0.39, 0.29) is 6.54 Å².